The zero-order chi connectivity index (χ0) is 15.2. The van der Waals surface area contributed by atoms with Crippen LogP contribution in [0.3, 0.4) is 0 Å². The van der Waals surface area contributed by atoms with Crippen LogP contribution in [-0.4, -0.2) is 39.5 Å². The highest BCUT2D eigenvalue weighted by molar-refractivity contribution is 7.89. The molecule has 0 spiro atoms. The molecule has 0 aliphatic heterocycles. The largest absolute Gasteiger partial charge is 0.398 e. The quantitative estimate of drug-likeness (QED) is 0.768. The predicted octanol–water partition coefficient (Wildman–Crippen LogP) is 1.47. The van der Waals surface area contributed by atoms with Gasteiger partial charge in [-0.15, -0.1) is 0 Å². The first kappa shape index (κ1) is 16.7. The van der Waals surface area contributed by atoms with Crippen LogP contribution in [0.2, 0.25) is 5.02 Å². The number of methoxy groups -OCH3 is 1. The predicted molar refractivity (Wildman–Crippen MR) is 76.7 cm³/mol. The topological polar surface area (TPSA) is 96.4 Å². The molecule has 0 atom stereocenters. The Morgan fingerprint density at radius 3 is 2.70 bits per heavy atom. The van der Waals surface area contributed by atoms with Crippen LogP contribution >= 0.6 is 11.6 Å². The van der Waals surface area contributed by atoms with Crippen LogP contribution < -0.4 is 5.73 Å². The van der Waals surface area contributed by atoms with Crippen molar-refractivity contribution in [2.75, 3.05) is 32.5 Å². The standard InChI is InChI=1S/C12H16ClN3O3S/c1-19-9-8-16(7-3-6-14)20(17,18)12-10(13)4-2-5-11(12)15/h2,4-5H,3,7-9,15H2,1H3. The summed E-state index contributed by atoms with van der Waals surface area (Å²) in [6.07, 6.45) is 0.0767. The third-order valence-corrected chi connectivity index (χ3v) is 5.06. The van der Waals surface area contributed by atoms with Crippen LogP contribution in [0.15, 0.2) is 23.1 Å². The molecule has 0 aliphatic rings. The molecule has 1 aromatic carbocycles. The number of ether oxygens (including phenoxy) is 1. The molecular formula is C12H16ClN3O3S. The molecule has 2 N–H and O–H groups in total. The molecule has 0 saturated carbocycles. The molecule has 0 fully saturated rings. The molecule has 0 aliphatic carbocycles. The van der Waals surface area contributed by atoms with Crippen LogP contribution in [0.5, 0.6) is 0 Å². The lowest BCUT2D eigenvalue weighted by Crippen LogP contribution is -2.35. The Kier molecular flexibility index (Phi) is 6.23. The minimum absolute atomic E-state index is 0.0596. The van der Waals surface area contributed by atoms with Crippen molar-refractivity contribution in [1.29, 1.82) is 5.26 Å². The summed E-state index contributed by atoms with van der Waals surface area (Å²) < 4.78 is 31.2. The highest BCUT2D eigenvalue weighted by atomic mass is 35.5. The summed E-state index contributed by atoms with van der Waals surface area (Å²) in [5.74, 6) is 0. The van der Waals surface area contributed by atoms with E-state index in [1.807, 2.05) is 6.07 Å². The number of sulfonamides is 1. The maximum atomic E-state index is 12.6. The van der Waals surface area contributed by atoms with Crippen LogP contribution in [0.25, 0.3) is 0 Å². The van der Waals surface area contributed by atoms with Gasteiger partial charge in [0.05, 0.1) is 23.4 Å². The van der Waals surface area contributed by atoms with E-state index in [0.29, 0.717) is 0 Å². The van der Waals surface area contributed by atoms with Gasteiger partial charge in [-0.1, -0.05) is 17.7 Å². The second-order valence-corrected chi connectivity index (χ2v) is 6.25. The van der Waals surface area contributed by atoms with Gasteiger partial charge in [0, 0.05) is 26.6 Å². The van der Waals surface area contributed by atoms with Gasteiger partial charge < -0.3 is 10.5 Å². The van der Waals surface area contributed by atoms with E-state index in [1.165, 1.54) is 19.2 Å². The summed E-state index contributed by atoms with van der Waals surface area (Å²) in [4.78, 5) is -0.129. The lowest BCUT2D eigenvalue weighted by molar-refractivity contribution is 0.179. The first-order valence-electron chi connectivity index (χ1n) is 5.85. The zero-order valence-corrected chi connectivity index (χ0v) is 12.6. The highest BCUT2D eigenvalue weighted by Gasteiger charge is 2.28. The molecule has 0 unspecified atom stereocenters. The summed E-state index contributed by atoms with van der Waals surface area (Å²) in [5, 5.41) is 8.69. The van der Waals surface area contributed by atoms with Crippen molar-refractivity contribution in [3.63, 3.8) is 0 Å². The van der Waals surface area contributed by atoms with Gasteiger partial charge in [-0.25, -0.2) is 8.42 Å². The van der Waals surface area contributed by atoms with Crippen molar-refractivity contribution in [2.45, 2.75) is 11.3 Å². The molecule has 0 heterocycles. The lowest BCUT2D eigenvalue weighted by Gasteiger charge is -2.22. The highest BCUT2D eigenvalue weighted by Crippen LogP contribution is 2.29. The monoisotopic (exact) mass is 317 g/mol. The van der Waals surface area contributed by atoms with E-state index in [0.717, 1.165) is 4.31 Å². The van der Waals surface area contributed by atoms with E-state index in [1.54, 1.807) is 6.07 Å². The number of hydrogen-bond donors (Lipinski definition) is 1. The second kappa shape index (κ2) is 7.45. The van der Waals surface area contributed by atoms with Crippen molar-refractivity contribution in [3.05, 3.63) is 23.2 Å². The normalized spacial score (nSPS) is 11.5. The molecular weight excluding hydrogens is 302 g/mol. The Bertz CT molecular complexity index is 578. The van der Waals surface area contributed by atoms with E-state index in [9.17, 15) is 8.42 Å². The first-order chi connectivity index (χ1) is 9.45. The molecule has 0 bridgehead atoms. The maximum Gasteiger partial charge on any atom is 0.246 e. The van der Waals surface area contributed by atoms with E-state index >= 15 is 0 Å². The van der Waals surface area contributed by atoms with Crippen molar-refractivity contribution in [1.82, 2.24) is 4.31 Å². The van der Waals surface area contributed by atoms with Gasteiger partial charge in [0.2, 0.25) is 10.0 Å². The molecule has 1 aromatic rings. The van der Waals surface area contributed by atoms with Crippen molar-refractivity contribution in [3.8, 4) is 6.07 Å². The number of halogens is 1. The molecule has 8 heteroatoms. The van der Waals surface area contributed by atoms with E-state index in [2.05, 4.69) is 0 Å². The van der Waals surface area contributed by atoms with Crippen LogP contribution in [0, 0.1) is 11.3 Å². The molecule has 0 radical (unpaired) electrons. The van der Waals surface area contributed by atoms with Gasteiger partial charge in [0.15, 0.2) is 0 Å². The molecule has 0 aromatic heterocycles. The molecule has 0 amide bonds. The van der Waals surface area contributed by atoms with Crippen LogP contribution in [-0.2, 0) is 14.8 Å². The Labute approximate surface area is 123 Å². The second-order valence-electron chi connectivity index (χ2n) is 3.96. The molecule has 1 rings (SSSR count). The average Bonchev–Trinajstić information content (AvgIpc) is 2.38. The number of hydrogen-bond acceptors (Lipinski definition) is 5. The summed E-state index contributed by atoms with van der Waals surface area (Å²) in [7, 11) is -2.39. The fraction of sp³-hybridized carbons (Fsp3) is 0.417. The lowest BCUT2D eigenvalue weighted by atomic mass is 10.3. The van der Waals surface area contributed by atoms with Gasteiger partial charge in [-0.05, 0) is 12.1 Å². The van der Waals surface area contributed by atoms with Gasteiger partial charge in [0.1, 0.15) is 4.90 Å². The zero-order valence-electron chi connectivity index (χ0n) is 11.0. The Hall–Kier alpha value is -1.33. The summed E-state index contributed by atoms with van der Waals surface area (Å²) >= 11 is 5.94. The number of benzene rings is 1. The number of nitriles is 1. The van der Waals surface area contributed by atoms with Gasteiger partial charge >= 0.3 is 0 Å². The smallest absolute Gasteiger partial charge is 0.246 e. The minimum atomic E-state index is -3.86. The fourth-order valence-corrected chi connectivity index (χ4v) is 3.71. The molecule has 6 nitrogen and oxygen atoms in total. The first-order valence-corrected chi connectivity index (χ1v) is 7.67. The minimum Gasteiger partial charge on any atom is -0.398 e. The maximum absolute atomic E-state index is 12.6. The van der Waals surface area contributed by atoms with E-state index in [4.69, 9.17) is 27.3 Å². The summed E-state index contributed by atoms with van der Waals surface area (Å²) in [5.41, 5.74) is 5.80. The molecule has 110 valence electrons. The molecule has 20 heavy (non-hydrogen) atoms. The Morgan fingerprint density at radius 2 is 2.15 bits per heavy atom. The van der Waals surface area contributed by atoms with Gasteiger partial charge in [0.25, 0.3) is 0 Å². The van der Waals surface area contributed by atoms with E-state index < -0.39 is 10.0 Å². The third kappa shape index (κ3) is 3.84. The third-order valence-electron chi connectivity index (χ3n) is 2.61. The average molecular weight is 318 g/mol. The van der Waals surface area contributed by atoms with Crippen molar-refractivity contribution < 1.29 is 13.2 Å². The summed E-state index contributed by atoms with van der Waals surface area (Å²) in [6, 6.07) is 6.42. The number of rotatable bonds is 7. The van der Waals surface area contributed by atoms with Gasteiger partial charge in [-0.2, -0.15) is 9.57 Å². The van der Waals surface area contributed by atoms with Crippen LogP contribution in [0.4, 0.5) is 5.69 Å². The van der Waals surface area contributed by atoms with Crippen molar-refractivity contribution in [2.24, 2.45) is 0 Å². The van der Waals surface area contributed by atoms with Crippen LogP contribution in [0.1, 0.15) is 6.42 Å². The molecule has 0 saturated heterocycles. The summed E-state index contributed by atoms with van der Waals surface area (Å²) in [6.45, 7) is 0.410. The van der Waals surface area contributed by atoms with E-state index in [-0.39, 0.29) is 41.7 Å². The number of nitrogens with two attached hydrogens (primary N) is 1. The van der Waals surface area contributed by atoms with Gasteiger partial charge in [-0.3, -0.25) is 0 Å². The Balaban J connectivity index is 3.18. The Morgan fingerprint density at radius 1 is 1.45 bits per heavy atom. The SMILES string of the molecule is COCCN(CCC#N)S(=O)(=O)c1c(N)cccc1Cl. The fourth-order valence-electron chi connectivity index (χ4n) is 1.65. The number of anilines is 1. The number of nitrogen functional groups attached to an aromatic ring is 1. The van der Waals surface area contributed by atoms with Crippen molar-refractivity contribution >= 4 is 27.3 Å². The number of nitrogens with zero attached hydrogens (tertiary/aromatic N) is 2.